The molecule has 94 valence electrons. The molecule has 17 heavy (non-hydrogen) atoms. The van der Waals surface area contributed by atoms with Crippen molar-refractivity contribution >= 4 is 15.9 Å². The summed E-state index contributed by atoms with van der Waals surface area (Å²) in [6, 6.07) is 5.29. The zero-order valence-electron chi connectivity index (χ0n) is 9.45. The maximum atomic E-state index is 10.0. The van der Waals surface area contributed by atoms with Crippen molar-refractivity contribution in [3.8, 4) is 5.75 Å². The third-order valence-corrected chi connectivity index (χ3v) is 3.39. The number of phenolic OH excluding ortho intramolecular Hbond substituents is 1. The van der Waals surface area contributed by atoms with Crippen LogP contribution in [0.2, 0.25) is 0 Å². The fourth-order valence-corrected chi connectivity index (χ4v) is 2.27. The number of hydrogen-bond donors (Lipinski definition) is 3. The average Bonchev–Trinajstić information content (AvgIpc) is 2.71. The summed E-state index contributed by atoms with van der Waals surface area (Å²) >= 11 is 3.36. The van der Waals surface area contributed by atoms with Crippen LogP contribution in [0.4, 0.5) is 0 Å². The molecule has 1 atom stereocenters. The summed E-state index contributed by atoms with van der Waals surface area (Å²) in [6.07, 6.45) is 0.657. The molecule has 0 aliphatic carbocycles. The summed E-state index contributed by atoms with van der Waals surface area (Å²) in [4.78, 5) is 0. The average molecular weight is 302 g/mol. The van der Waals surface area contributed by atoms with E-state index in [4.69, 9.17) is 4.74 Å². The van der Waals surface area contributed by atoms with E-state index in [1.54, 1.807) is 12.1 Å². The van der Waals surface area contributed by atoms with Crippen LogP contribution in [0.3, 0.4) is 0 Å². The first kappa shape index (κ1) is 12.8. The molecule has 0 spiro atoms. The van der Waals surface area contributed by atoms with E-state index in [-0.39, 0.29) is 5.75 Å². The van der Waals surface area contributed by atoms with E-state index in [1.807, 2.05) is 6.07 Å². The first-order valence-electron chi connectivity index (χ1n) is 5.57. The van der Waals surface area contributed by atoms with Gasteiger partial charge in [-0.2, -0.15) is 0 Å². The van der Waals surface area contributed by atoms with Crippen LogP contribution in [0, 0.1) is 0 Å². The SMILES string of the molecule is Oc1ccc(Br)cc1CNCC1(O)CCOC1. The van der Waals surface area contributed by atoms with Gasteiger partial charge in [0.05, 0.1) is 6.61 Å². The number of aromatic hydroxyl groups is 1. The van der Waals surface area contributed by atoms with Crippen LogP contribution in [0.1, 0.15) is 12.0 Å². The van der Waals surface area contributed by atoms with Gasteiger partial charge >= 0.3 is 0 Å². The van der Waals surface area contributed by atoms with Crippen molar-refractivity contribution in [2.75, 3.05) is 19.8 Å². The Morgan fingerprint density at radius 2 is 2.29 bits per heavy atom. The van der Waals surface area contributed by atoms with Crippen LogP contribution in [-0.4, -0.2) is 35.6 Å². The number of nitrogens with one attached hydrogen (secondary N) is 1. The molecule has 2 rings (SSSR count). The number of rotatable bonds is 4. The lowest BCUT2D eigenvalue weighted by Gasteiger charge is -2.20. The Morgan fingerprint density at radius 3 is 3.00 bits per heavy atom. The number of benzene rings is 1. The monoisotopic (exact) mass is 301 g/mol. The fourth-order valence-electron chi connectivity index (χ4n) is 1.86. The van der Waals surface area contributed by atoms with Crippen LogP contribution in [-0.2, 0) is 11.3 Å². The van der Waals surface area contributed by atoms with E-state index >= 15 is 0 Å². The van der Waals surface area contributed by atoms with Gasteiger partial charge in [-0.15, -0.1) is 0 Å². The first-order valence-corrected chi connectivity index (χ1v) is 6.37. The first-order chi connectivity index (χ1) is 8.09. The minimum atomic E-state index is -0.762. The summed E-state index contributed by atoms with van der Waals surface area (Å²) in [7, 11) is 0. The number of phenols is 1. The molecule has 1 aromatic rings. The molecule has 0 bridgehead atoms. The molecule has 1 unspecified atom stereocenters. The predicted octanol–water partition coefficient (Wildman–Crippen LogP) is 1.40. The van der Waals surface area contributed by atoms with Crippen molar-refractivity contribution in [1.29, 1.82) is 0 Å². The lowest BCUT2D eigenvalue weighted by Crippen LogP contribution is -2.40. The van der Waals surface area contributed by atoms with Crippen molar-refractivity contribution in [1.82, 2.24) is 5.32 Å². The summed E-state index contributed by atoms with van der Waals surface area (Å²) in [5.74, 6) is 0.260. The highest BCUT2D eigenvalue weighted by molar-refractivity contribution is 9.10. The standard InChI is InChI=1S/C12H16BrNO3/c13-10-1-2-11(15)9(5-10)6-14-7-12(16)3-4-17-8-12/h1-2,5,14-16H,3-4,6-8H2. The van der Waals surface area contributed by atoms with Gasteiger partial charge < -0.3 is 20.3 Å². The molecule has 1 saturated heterocycles. The van der Waals surface area contributed by atoms with Gasteiger partial charge in [0.25, 0.3) is 0 Å². The number of ether oxygens (including phenoxy) is 1. The molecule has 1 aliphatic rings. The fraction of sp³-hybridized carbons (Fsp3) is 0.500. The molecular weight excluding hydrogens is 286 g/mol. The third-order valence-electron chi connectivity index (χ3n) is 2.89. The summed E-state index contributed by atoms with van der Waals surface area (Å²) in [6.45, 7) is 1.98. The van der Waals surface area contributed by atoms with Crippen LogP contribution in [0.5, 0.6) is 5.75 Å². The Hall–Kier alpha value is -0.620. The largest absolute Gasteiger partial charge is 0.508 e. The maximum Gasteiger partial charge on any atom is 0.120 e. The molecule has 0 amide bonds. The number of halogens is 1. The highest BCUT2D eigenvalue weighted by atomic mass is 79.9. The number of hydrogen-bond acceptors (Lipinski definition) is 4. The second kappa shape index (κ2) is 5.35. The molecule has 1 aliphatic heterocycles. The lowest BCUT2D eigenvalue weighted by atomic mass is 10.0. The van der Waals surface area contributed by atoms with E-state index in [9.17, 15) is 10.2 Å². The smallest absolute Gasteiger partial charge is 0.120 e. The van der Waals surface area contributed by atoms with Crippen molar-refractivity contribution < 1.29 is 14.9 Å². The quantitative estimate of drug-likeness (QED) is 0.787. The van der Waals surface area contributed by atoms with Gasteiger partial charge in [-0.05, 0) is 18.2 Å². The Labute approximate surface area is 109 Å². The van der Waals surface area contributed by atoms with E-state index in [0.29, 0.717) is 32.7 Å². The number of aliphatic hydroxyl groups is 1. The van der Waals surface area contributed by atoms with E-state index < -0.39 is 5.60 Å². The van der Waals surface area contributed by atoms with Crippen molar-refractivity contribution in [3.05, 3.63) is 28.2 Å². The molecule has 3 N–H and O–H groups in total. The third kappa shape index (κ3) is 3.42. The summed E-state index contributed by atoms with van der Waals surface area (Å²) < 4.78 is 6.08. The van der Waals surface area contributed by atoms with Crippen LogP contribution in [0.15, 0.2) is 22.7 Å². The Kier molecular flexibility index (Phi) is 4.04. The summed E-state index contributed by atoms with van der Waals surface area (Å²) in [5, 5.41) is 22.8. The van der Waals surface area contributed by atoms with E-state index in [2.05, 4.69) is 21.2 Å². The van der Waals surface area contributed by atoms with Gasteiger partial charge in [0.2, 0.25) is 0 Å². The predicted molar refractivity (Wildman–Crippen MR) is 67.9 cm³/mol. The van der Waals surface area contributed by atoms with Gasteiger partial charge in [0.15, 0.2) is 0 Å². The highest BCUT2D eigenvalue weighted by Crippen LogP contribution is 2.22. The molecule has 4 nitrogen and oxygen atoms in total. The van der Waals surface area contributed by atoms with Gasteiger partial charge in [0, 0.05) is 36.2 Å². The van der Waals surface area contributed by atoms with Crippen molar-refractivity contribution in [2.24, 2.45) is 0 Å². The zero-order chi connectivity index (χ0) is 12.3. The highest BCUT2D eigenvalue weighted by Gasteiger charge is 2.31. The lowest BCUT2D eigenvalue weighted by molar-refractivity contribution is 0.0268. The Morgan fingerprint density at radius 1 is 1.47 bits per heavy atom. The van der Waals surface area contributed by atoms with Crippen LogP contribution >= 0.6 is 15.9 Å². The van der Waals surface area contributed by atoms with Gasteiger partial charge in [-0.3, -0.25) is 0 Å². The zero-order valence-corrected chi connectivity index (χ0v) is 11.0. The Balaban J connectivity index is 1.87. The van der Waals surface area contributed by atoms with Crippen molar-refractivity contribution in [3.63, 3.8) is 0 Å². The van der Waals surface area contributed by atoms with Gasteiger partial charge in [0.1, 0.15) is 11.4 Å². The maximum absolute atomic E-state index is 10.0. The summed E-state index contributed by atoms with van der Waals surface area (Å²) in [5.41, 5.74) is 0.0450. The second-order valence-electron chi connectivity index (χ2n) is 4.40. The minimum absolute atomic E-state index is 0.260. The van der Waals surface area contributed by atoms with Gasteiger partial charge in [-0.25, -0.2) is 0 Å². The second-order valence-corrected chi connectivity index (χ2v) is 5.32. The molecule has 1 fully saturated rings. The Bertz CT molecular complexity index is 391. The topological polar surface area (TPSA) is 61.7 Å². The van der Waals surface area contributed by atoms with Crippen LogP contribution in [0.25, 0.3) is 0 Å². The molecule has 5 heteroatoms. The van der Waals surface area contributed by atoms with E-state index in [1.165, 1.54) is 0 Å². The molecular formula is C12H16BrNO3. The normalized spacial score (nSPS) is 24.1. The minimum Gasteiger partial charge on any atom is -0.508 e. The van der Waals surface area contributed by atoms with Gasteiger partial charge in [-0.1, -0.05) is 15.9 Å². The molecule has 1 heterocycles. The molecule has 0 radical (unpaired) electrons. The van der Waals surface area contributed by atoms with E-state index in [0.717, 1.165) is 10.0 Å². The van der Waals surface area contributed by atoms with Crippen molar-refractivity contribution in [2.45, 2.75) is 18.6 Å². The molecule has 1 aromatic carbocycles. The molecule has 0 saturated carbocycles. The van der Waals surface area contributed by atoms with Crippen LogP contribution < -0.4 is 5.32 Å². The molecule has 0 aromatic heterocycles.